The second-order valence-corrected chi connectivity index (χ2v) is 12.7. The van der Waals surface area contributed by atoms with E-state index in [-0.39, 0.29) is 12.5 Å². The van der Waals surface area contributed by atoms with Gasteiger partial charge in [0.15, 0.2) is 0 Å². The average Bonchev–Trinajstić information content (AvgIpc) is 3.35. The quantitative estimate of drug-likeness (QED) is 0.270. The number of nitrogens with zero attached hydrogens (tertiary/aromatic N) is 1. The summed E-state index contributed by atoms with van der Waals surface area (Å²) in [6.07, 6.45) is 6.72. The third-order valence-corrected chi connectivity index (χ3v) is 7.66. The van der Waals surface area contributed by atoms with Crippen molar-refractivity contribution in [1.82, 2.24) is 20.3 Å². The molecule has 1 aromatic heterocycles. The van der Waals surface area contributed by atoms with Crippen LogP contribution in [-0.2, 0) is 32.7 Å². The molecule has 0 fully saturated rings. The molecule has 1 aliphatic carbocycles. The fourth-order valence-electron chi connectivity index (χ4n) is 4.14. The van der Waals surface area contributed by atoms with Crippen molar-refractivity contribution in [3.63, 3.8) is 0 Å². The number of benzene rings is 1. The third-order valence-electron chi connectivity index (χ3n) is 6.05. The molecule has 0 saturated heterocycles. The van der Waals surface area contributed by atoms with E-state index in [1.165, 1.54) is 11.3 Å². The minimum atomic E-state index is -4.32. The van der Waals surface area contributed by atoms with E-state index < -0.39 is 40.0 Å². The van der Waals surface area contributed by atoms with Gasteiger partial charge in [0, 0.05) is 18.0 Å². The topological polar surface area (TPSA) is 147 Å². The van der Waals surface area contributed by atoms with Crippen LogP contribution in [0, 0.1) is 5.92 Å². The summed E-state index contributed by atoms with van der Waals surface area (Å²) in [5.74, 6) is -0.799. The Morgan fingerprint density at radius 3 is 2.50 bits per heavy atom. The monoisotopic (exact) mass is 590 g/mol. The van der Waals surface area contributed by atoms with Crippen LogP contribution >= 0.6 is 11.3 Å². The van der Waals surface area contributed by atoms with Crippen LogP contribution in [0.4, 0.5) is 4.79 Å². The van der Waals surface area contributed by atoms with Crippen LogP contribution in [-0.4, -0.2) is 48.1 Å². The fraction of sp³-hybridized carbons (Fsp3) is 0.464. The maximum Gasteiger partial charge on any atom is 0.407 e. The summed E-state index contributed by atoms with van der Waals surface area (Å²) in [4.78, 5) is 30.7. The van der Waals surface area contributed by atoms with Crippen LogP contribution in [0.5, 0.6) is 0 Å². The maximum atomic E-state index is 13.7. The zero-order valence-electron chi connectivity index (χ0n) is 23.2. The Bertz CT molecular complexity index is 1320. The minimum Gasteiger partial charge on any atom is -0.444 e. The normalized spacial score (nSPS) is 17.0. The summed E-state index contributed by atoms with van der Waals surface area (Å²) in [6, 6.07) is 8.61. The first-order valence-corrected chi connectivity index (χ1v) is 15.5. The molecule has 3 rings (SSSR count). The average molecular weight is 591 g/mol. The predicted molar refractivity (Wildman–Crippen MR) is 155 cm³/mol. The first kappa shape index (κ1) is 31.5. The Balaban J connectivity index is 1.77. The lowest BCUT2D eigenvalue weighted by molar-refractivity contribution is -0.125. The molecule has 1 aromatic carbocycles. The highest BCUT2D eigenvalue weighted by atomic mass is 32.2. The lowest BCUT2D eigenvalue weighted by Gasteiger charge is -2.25. The van der Waals surface area contributed by atoms with E-state index in [4.69, 9.17) is 14.3 Å². The molecule has 218 valence electrons. The Morgan fingerprint density at radius 2 is 1.93 bits per heavy atom. The van der Waals surface area contributed by atoms with Gasteiger partial charge >= 0.3 is 16.4 Å². The van der Waals surface area contributed by atoms with Crippen molar-refractivity contribution in [2.45, 2.75) is 71.1 Å². The number of alkyl carbamates (subject to hydrolysis) is 1. The van der Waals surface area contributed by atoms with Crippen molar-refractivity contribution in [1.29, 1.82) is 0 Å². The summed E-state index contributed by atoms with van der Waals surface area (Å²) in [6.45, 7) is 7.43. The molecule has 3 atom stereocenters. The van der Waals surface area contributed by atoms with Gasteiger partial charge in [0.25, 0.3) is 0 Å². The van der Waals surface area contributed by atoms with E-state index >= 15 is 0 Å². The first-order chi connectivity index (χ1) is 18.8. The molecule has 10 nitrogen and oxygen atoms in total. The number of aromatic nitrogens is 1. The van der Waals surface area contributed by atoms with Gasteiger partial charge < -0.3 is 15.4 Å². The lowest BCUT2D eigenvalue weighted by Crippen LogP contribution is -2.42. The zero-order chi connectivity index (χ0) is 29.3. The van der Waals surface area contributed by atoms with Crippen LogP contribution in [0.25, 0.3) is 0 Å². The van der Waals surface area contributed by atoms with Crippen LogP contribution in [0.3, 0.4) is 0 Å². The molecule has 0 bridgehead atoms. The Kier molecular flexibility index (Phi) is 11.0. The molecule has 40 heavy (non-hydrogen) atoms. The number of aryl methyl sites for hydroxylation is 1. The first-order valence-electron chi connectivity index (χ1n) is 13.2. The number of amides is 2. The third kappa shape index (κ3) is 10.8. The molecule has 0 aliphatic heterocycles. The van der Waals surface area contributed by atoms with E-state index in [2.05, 4.69) is 15.4 Å². The van der Waals surface area contributed by atoms with Crippen molar-refractivity contribution in [3.05, 3.63) is 75.8 Å². The Hall–Kier alpha value is -3.06. The summed E-state index contributed by atoms with van der Waals surface area (Å²) < 4.78 is 38.9. The number of rotatable bonds is 12. The van der Waals surface area contributed by atoms with Gasteiger partial charge in [-0.1, -0.05) is 55.5 Å². The highest BCUT2D eigenvalue weighted by Crippen LogP contribution is 2.28. The Morgan fingerprint density at radius 1 is 1.20 bits per heavy atom. The number of carbonyl (C=O) groups is 2. The molecule has 1 unspecified atom stereocenters. The van der Waals surface area contributed by atoms with Crippen LogP contribution in [0.15, 0.2) is 59.5 Å². The van der Waals surface area contributed by atoms with Gasteiger partial charge in [-0.25, -0.2) is 9.78 Å². The maximum absolute atomic E-state index is 13.7. The van der Waals surface area contributed by atoms with E-state index in [0.717, 1.165) is 28.3 Å². The molecule has 1 aliphatic rings. The van der Waals surface area contributed by atoms with E-state index in [0.29, 0.717) is 19.3 Å². The van der Waals surface area contributed by atoms with Crippen LogP contribution < -0.4 is 15.4 Å². The number of hydrogen-bond donors (Lipinski definition) is 4. The molecular weight excluding hydrogens is 552 g/mol. The number of hydrogen-bond acceptors (Lipinski definition) is 7. The van der Waals surface area contributed by atoms with Gasteiger partial charge in [-0.3, -0.25) is 9.35 Å². The van der Waals surface area contributed by atoms with Crippen molar-refractivity contribution >= 4 is 33.6 Å². The van der Waals surface area contributed by atoms with Gasteiger partial charge in [0.2, 0.25) is 5.91 Å². The number of ether oxygens (including phenoxy) is 1. The SMILES string of the molecule is CCc1csc([C@H](CC2=CCC(NS(=O)(=O)O)C=C2)NC(=O)[C@H](CNC(=O)OC(C)(C)C)Cc2ccccc2)n1. The standard InChI is InChI=1S/C28H38N4O6S2/c1-5-22-18-39-26(30-22)24(16-20-11-13-23(14-12-20)32-40(35,36)37)31-25(33)21(15-19-9-7-6-8-10-19)17-29-27(34)38-28(2,3)4/h6-13,18,21,23-24,32H,5,14-17H2,1-4H3,(H,29,34)(H,31,33)(H,35,36,37)/t21-,23?,24-/m0/s1. The van der Waals surface area contributed by atoms with Crippen LogP contribution in [0.1, 0.15) is 62.8 Å². The summed E-state index contributed by atoms with van der Waals surface area (Å²) >= 11 is 1.47. The molecular formula is C28H38N4O6S2. The largest absolute Gasteiger partial charge is 0.444 e. The molecule has 2 aromatic rings. The van der Waals surface area contributed by atoms with E-state index in [9.17, 15) is 18.0 Å². The van der Waals surface area contributed by atoms with Gasteiger partial charge in [0.1, 0.15) is 10.6 Å². The molecule has 1 heterocycles. The summed E-state index contributed by atoms with van der Waals surface area (Å²) in [5.41, 5.74) is 2.13. The second kappa shape index (κ2) is 14.0. The van der Waals surface area contributed by atoms with E-state index in [1.807, 2.05) is 48.7 Å². The molecule has 0 radical (unpaired) electrons. The Labute approximate surface area is 240 Å². The molecule has 12 heteroatoms. The molecule has 0 spiro atoms. The van der Waals surface area contributed by atoms with Crippen molar-refractivity contribution in [2.75, 3.05) is 6.54 Å². The second-order valence-electron chi connectivity index (χ2n) is 10.6. The van der Waals surface area contributed by atoms with Crippen molar-refractivity contribution < 1.29 is 27.3 Å². The van der Waals surface area contributed by atoms with Gasteiger partial charge in [0.05, 0.1) is 17.7 Å². The lowest BCUT2D eigenvalue weighted by atomic mass is 9.96. The van der Waals surface area contributed by atoms with Crippen molar-refractivity contribution in [2.24, 2.45) is 5.92 Å². The smallest absolute Gasteiger partial charge is 0.407 e. The highest BCUT2D eigenvalue weighted by Gasteiger charge is 2.27. The van der Waals surface area contributed by atoms with Crippen LogP contribution in [0.2, 0.25) is 0 Å². The zero-order valence-corrected chi connectivity index (χ0v) is 24.8. The van der Waals surface area contributed by atoms with E-state index in [1.54, 1.807) is 32.9 Å². The summed E-state index contributed by atoms with van der Waals surface area (Å²) in [7, 11) is -4.32. The number of thiazole rings is 1. The molecule has 2 amide bonds. The summed E-state index contributed by atoms with van der Waals surface area (Å²) in [5, 5.41) is 8.62. The van der Waals surface area contributed by atoms with Crippen molar-refractivity contribution in [3.8, 4) is 0 Å². The fourth-order valence-corrected chi connectivity index (χ4v) is 5.65. The minimum absolute atomic E-state index is 0.0893. The number of allylic oxidation sites excluding steroid dienone is 1. The molecule has 4 N–H and O–H groups in total. The predicted octanol–water partition coefficient (Wildman–Crippen LogP) is 4.28. The highest BCUT2D eigenvalue weighted by molar-refractivity contribution is 7.83. The molecule has 0 saturated carbocycles. The number of nitrogens with one attached hydrogen (secondary N) is 3. The van der Waals surface area contributed by atoms with Gasteiger partial charge in [-0.2, -0.15) is 13.1 Å². The van der Waals surface area contributed by atoms with Gasteiger partial charge in [-0.15, -0.1) is 11.3 Å². The number of carbonyl (C=O) groups excluding carboxylic acids is 2. The van der Waals surface area contributed by atoms with Gasteiger partial charge in [-0.05, 0) is 57.6 Å².